The molecule has 7 nitrogen and oxygen atoms in total. The summed E-state index contributed by atoms with van der Waals surface area (Å²) in [4.78, 5) is 35.8. The molecule has 3 aromatic rings. The van der Waals surface area contributed by atoms with E-state index in [9.17, 15) is 9.59 Å². The Morgan fingerprint density at radius 1 is 1.20 bits per heavy atom. The Kier molecular flexibility index (Phi) is 7.88. The molecule has 1 amide bonds. The lowest BCUT2D eigenvalue weighted by molar-refractivity contribution is -0.129. The quantitative estimate of drug-likeness (QED) is 0.492. The van der Waals surface area contributed by atoms with Crippen LogP contribution in [0.25, 0.3) is 11.0 Å². The fourth-order valence-corrected chi connectivity index (χ4v) is 5.86. The van der Waals surface area contributed by atoms with Gasteiger partial charge in [0.1, 0.15) is 17.8 Å². The number of nitrogens with one attached hydrogen (secondary N) is 1. The zero-order chi connectivity index (χ0) is 25.3. The molecule has 9 heteroatoms. The van der Waals surface area contributed by atoms with E-state index in [0.29, 0.717) is 24.1 Å². The normalized spacial score (nSPS) is 15.6. The summed E-state index contributed by atoms with van der Waals surface area (Å²) in [6, 6.07) is 8.45. The van der Waals surface area contributed by atoms with Crippen molar-refractivity contribution in [3.63, 3.8) is 0 Å². The topological polar surface area (TPSA) is 80.1 Å². The summed E-state index contributed by atoms with van der Waals surface area (Å²) in [7, 11) is 7.50. The predicted octanol–water partition coefficient (Wildman–Crippen LogP) is 4.54. The van der Waals surface area contributed by atoms with Crippen LogP contribution in [0.5, 0.6) is 0 Å². The second-order valence-corrected chi connectivity index (χ2v) is 11.6. The minimum atomic E-state index is -0.0237. The highest BCUT2D eigenvalue weighted by molar-refractivity contribution is 7.37. The van der Waals surface area contributed by atoms with E-state index in [1.807, 2.05) is 11.0 Å². The van der Waals surface area contributed by atoms with Gasteiger partial charge in [0, 0.05) is 38.0 Å². The maximum absolute atomic E-state index is 13.2. The van der Waals surface area contributed by atoms with Crippen LogP contribution in [-0.4, -0.2) is 38.4 Å². The fraction of sp³-hybridized carbons (Fsp3) is 0.462. The van der Waals surface area contributed by atoms with E-state index in [0.717, 1.165) is 36.0 Å². The molecule has 4 rings (SSSR count). The maximum Gasteiger partial charge on any atom is 0.255 e. The molecule has 1 aromatic carbocycles. The van der Waals surface area contributed by atoms with Crippen molar-refractivity contribution in [1.29, 1.82) is 0 Å². The van der Waals surface area contributed by atoms with E-state index < -0.39 is 0 Å². The molecular weight excluding hydrogens is 476 g/mol. The number of nitrogens with zero attached hydrogens (tertiary/aromatic N) is 4. The third-order valence-electron chi connectivity index (χ3n) is 7.19. The van der Waals surface area contributed by atoms with Crippen LogP contribution in [0.15, 0.2) is 35.4 Å². The Bertz CT molecular complexity index is 1300. The molecule has 1 N–H and O–H groups in total. The third kappa shape index (κ3) is 5.13. The van der Waals surface area contributed by atoms with E-state index in [4.69, 9.17) is 0 Å². The molecule has 0 radical (unpaired) electrons. The first kappa shape index (κ1) is 25.7. The highest BCUT2D eigenvalue weighted by Crippen LogP contribution is 2.36. The van der Waals surface area contributed by atoms with Crippen LogP contribution in [0, 0.1) is 0 Å². The highest BCUT2D eigenvalue weighted by Gasteiger charge is 2.26. The number of piperidine rings is 1. The van der Waals surface area contributed by atoms with Crippen LogP contribution >= 0.6 is 18.5 Å². The van der Waals surface area contributed by atoms with Gasteiger partial charge in [-0.1, -0.05) is 25.1 Å². The van der Waals surface area contributed by atoms with Crippen molar-refractivity contribution in [3.8, 4) is 0 Å². The monoisotopic (exact) mass is 511 g/mol. The van der Waals surface area contributed by atoms with E-state index in [1.165, 1.54) is 23.0 Å². The largest absolute Gasteiger partial charge is 0.363 e. The van der Waals surface area contributed by atoms with Crippen molar-refractivity contribution >= 4 is 41.2 Å². The van der Waals surface area contributed by atoms with Gasteiger partial charge in [-0.2, -0.15) is 0 Å². The Labute approximate surface area is 211 Å². The number of likely N-dealkylation sites (tertiary alicyclic amines) is 1. The van der Waals surface area contributed by atoms with Crippen LogP contribution in [0.4, 0.5) is 5.82 Å². The van der Waals surface area contributed by atoms with Gasteiger partial charge >= 0.3 is 0 Å². The van der Waals surface area contributed by atoms with E-state index in [-0.39, 0.29) is 23.4 Å². The molecular formula is C26H35N5O2P2. The molecule has 0 aliphatic carbocycles. The van der Waals surface area contributed by atoms with Gasteiger partial charge in [0.05, 0.1) is 11.4 Å². The van der Waals surface area contributed by atoms with Crippen molar-refractivity contribution in [2.45, 2.75) is 57.4 Å². The molecule has 2 unspecified atom stereocenters. The van der Waals surface area contributed by atoms with Gasteiger partial charge in [-0.15, -0.1) is 18.5 Å². The Morgan fingerprint density at radius 2 is 1.89 bits per heavy atom. The van der Waals surface area contributed by atoms with E-state index in [2.05, 4.69) is 65.8 Å². The first-order valence-electron chi connectivity index (χ1n) is 12.2. The van der Waals surface area contributed by atoms with Gasteiger partial charge < -0.3 is 10.2 Å². The van der Waals surface area contributed by atoms with Gasteiger partial charge in [0.2, 0.25) is 5.91 Å². The van der Waals surface area contributed by atoms with E-state index >= 15 is 0 Å². The standard InChI is InChI=1S/C26H35N5O2P2/c1-5-18-19(7-6-8-20(18)26(34)35)15(2)29-23-22-13-21(17-9-11-31(12-10-17)16(3)32)25(33)30(4)24(22)28-14-27-23/h6-8,13-15,17,26H,5,9-12,34-35H2,1-4H3,(H,27,28,29)/t15-/m1/s1. The van der Waals surface area contributed by atoms with Crippen LogP contribution in [-0.2, 0) is 18.3 Å². The second kappa shape index (κ2) is 10.7. The Morgan fingerprint density at radius 3 is 2.51 bits per heavy atom. The maximum atomic E-state index is 13.2. The van der Waals surface area contributed by atoms with Crippen molar-refractivity contribution in [1.82, 2.24) is 19.4 Å². The van der Waals surface area contributed by atoms with Crippen molar-refractivity contribution in [2.75, 3.05) is 18.4 Å². The first-order valence-corrected chi connectivity index (χ1v) is 13.6. The lowest BCUT2D eigenvalue weighted by Gasteiger charge is -2.31. The number of hydrogen-bond acceptors (Lipinski definition) is 5. The summed E-state index contributed by atoms with van der Waals surface area (Å²) in [6.45, 7) is 7.29. The minimum absolute atomic E-state index is 0.0237. The average Bonchev–Trinajstić information content (AvgIpc) is 2.85. The van der Waals surface area contributed by atoms with Crippen LogP contribution < -0.4 is 10.9 Å². The summed E-state index contributed by atoms with van der Waals surface area (Å²) in [5.74, 6) is 0.929. The van der Waals surface area contributed by atoms with Crippen LogP contribution in [0.1, 0.15) is 73.2 Å². The molecule has 35 heavy (non-hydrogen) atoms. The van der Waals surface area contributed by atoms with Crippen molar-refractivity contribution in [3.05, 3.63) is 63.2 Å². The summed E-state index contributed by atoms with van der Waals surface area (Å²) < 4.78 is 1.63. The summed E-state index contributed by atoms with van der Waals surface area (Å²) >= 11 is 0. The Hall–Kier alpha value is -2.36. The average molecular weight is 512 g/mol. The molecule has 1 aliphatic rings. The number of fused-ring (bicyclic) bond motifs is 1. The number of benzene rings is 1. The minimum Gasteiger partial charge on any atom is -0.363 e. The third-order valence-corrected chi connectivity index (χ3v) is 7.91. The van der Waals surface area contributed by atoms with Crippen LogP contribution in [0.2, 0.25) is 0 Å². The fourth-order valence-electron chi connectivity index (χ4n) is 5.24. The molecule has 0 spiro atoms. The first-order chi connectivity index (χ1) is 16.7. The number of carbonyl (C=O) groups excluding carboxylic acids is 1. The number of amides is 1. The zero-order valence-corrected chi connectivity index (χ0v) is 23.2. The molecule has 186 valence electrons. The number of hydrogen-bond donors (Lipinski definition) is 1. The highest BCUT2D eigenvalue weighted by atomic mass is 31.1. The lowest BCUT2D eigenvalue weighted by Crippen LogP contribution is -2.38. The number of carbonyl (C=O) groups is 1. The number of rotatable bonds is 6. The van der Waals surface area contributed by atoms with Gasteiger partial charge in [0.15, 0.2) is 0 Å². The van der Waals surface area contributed by atoms with Gasteiger partial charge in [0.25, 0.3) is 5.56 Å². The summed E-state index contributed by atoms with van der Waals surface area (Å²) in [5.41, 5.74) is 5.26. The van der Waals surface area contributed by atoms with E-state index in [1.54, 1.807) is 18.5 Å². The zero-order valence-electron chi connectivity index (χ0n) is 20.9. The molecule has 1 aliphatic heterocycles. The number of pyridine rings is 1. The molecule has 3 heterocycles. The SMILES string of the molecule is CCc1c(C(P)P)cccc1[C@@H](C)Nc1ncnc2c1cc(C1CCN(C(C)=O)CC1)c(=O)n2C. The summed E-state index contributed by atoms with van der Waals surface area (Å²) in [6.07, 6.45) is 4.02. The van der Waals surface area contributed by atoms with Crippen molar-refractivity contribution in [2.24, 2.45) is 7.05 Å². The molecule has 1 saturated heterocycles. The van der Waals surface area contributed by atoms with Crippen LogP contribution in [0.3, 0.4) is 0 Å². The number of aryl methyl sites for hydroxylation is 1. The molecule has 2 aromatic heterocycles. The molecule has 0 saturated carbocycles. The van der Waals surface area contributed by atoms with Gasteiger partial charge in [-0.3, -0.25) is 14.2 Å². The smallest absolute Gasteiger partial charge is 0.255 e. The molecule has 3 atom stereocenters. The van der Waals surface area contributed by atoms with Gasteiger partial charge in [-0.05, 0) is 54.9 Å². The predicted molar refractivity (Wildman–Crippen MR) is 149 cm³/mol. The molecule has 1 fully saturated rings. The van der Waals surface area contributed by atoms with Gasteiger partial charge in [-0.25, -0.2) is 9.97 Å². The molecule has 0 bridgehead atoms. The Balaban J connectivity index is 1.71. The van der Waals surface area contributed by atoms with Crippen molar-refractivity contribution < 1.29 is 4.79 Å². The summed E-state index contributed by atoms with van der Waals surface area (Å²) in [5, 5.41) is 4.75. The number of aromatic nitrogens is 3. The second-order valence-electron chi connectivity index (χ2n) is 9.36. The number of anilines is 1. The lowest BCUT2D eigenvalue weighted by atomic mass is 9.89.